The zero-order valence-corrected chi connectivity index (χ0v) is 13.4. The van der Waals surface area contributed by atoms with Crippen molar-refractivity contribution in [2.45, 2.75) is 13.3 Å². The highest BCUT2D eigenvalue weighted by Gasteiger charge is 2.19. The van der Waals surface area contributed by atoms with E-state index in [1.54, 1.807) is 12.1 Å². The number of hydrogen-bond acceptors (Lipinski definition) is 4. The summed E-state index contributed by atoms with van der Waals surface area (Å²) in [5.74, 6) is -1.82. The first-order valence-corrected chi connectivity index (χ1v) is 7.69. The van der Waals surface area contributed by atoms with Gasteiger partial charge in [-0.1, -0.05) is 22.9 Å². The van der Waals surface area contributed by atoms with Crippen LogP contribution in [0.1, 0.15) is 32.5 Å². The molecule has 21 heavy (non-hydrogen) atoms. The number of phenolic OH excluding ortho intramolecular Hbond substituents is 1. The highest BCUT2D eigenvalue weighted by atomic mass is 79.9. The summed E-state index contributed by atoms with van der Waals surface area (Å²) < 4.78 is 0.646. The maximum absolute atomic E-state index is 12.1. The molecule has 0 bridgehead atoms. The minimum absolute atomic E-state index is 0.0572. The Balaban J connectivity index is 2.31. The minimum atomic E-state index is -1.10. The van der Waals surface area contributed by atoms with Gasteiger partial charge in [0.05, 0.1) is 11.1 Å². The molecule has 0 aliphatic heterocycles. The minimum Gasteiger partial charge on any atom is -0.507 e. The third kappa shape index (κ3) is 3.43. The number of carboxylic acid groups (broad SMARTS) is 1. The Labute approximate surface area is 133 Å². The lowest BCUT2D eigenvalue weighted by molar-refractivity contribution is 0.0698. The first kappa shape index (κ1) is 15.5. The third-order valence-electron chi connectivity index (χ3n) is 2.79. The maximum atomic E-state index is 12.1. The number of thiophene rings is 1. The van der Waals surface area contributed by atoms with Crippen LogP contribution in [0.3, 0.4) is 0 Å². The van der Waals surface area contributed by atoms with E-state index < -0.39 is 11.9 Å². The van der Waals surface area contributed by atoms with Crippen LogP contribution in [-0.4, -0.2) is 22.1 Å². The Bertz CT molecular complexity index is 711. The SMILES string of the molecule is CCc1cc(C(=O)O)c(NC(=O)c2ccc(Br)cc2O)s1. The van der Waals surface area contributed by atoms with Crippen molar-refractivity contribution in [3.05, 3.63) is 44.7 Å². The molecule has 0 atom stereocenters. The van der Waals surface area contributed by atoms with Crippen molar-refractivity contribution < 1.29 is 19.8 Å². The molecule has 0 aliphatic carbocycles. The smallest absolute Gasteiger partial charge is 0.338 e. The van der Waals surface area contributed by atoms with Gasteiger partial charge in [-0.05, 0) is 30.7 Å². The molecule has 110 valence electrons. The molecule has 0 radical (unpaired) electrons. The van der Waals surface area contributed by atoms with E-state index in [0.717, 1.165) is 4.88 Å². The van der Waals surface area contributed by atoms with Gasteiger partial charge in [0, 0.05) is 9.35 Å². The van der Waals surface area contributed by atoms with Crippen molar-refractivity contribution in [3.63, 3.8) is 0 Å². The summed E-state index contributed by atoms with van der Waals surface area (Å²) in [6.07, 6.45) is 0.685. The standard InChI is InChI=1S/C14H12BrNO4S/c1-2-8-6-10(14(19)20)13(21-8)16-12(18)9-4-3-7(15)5-11(9)17/h3-6,17H,2H2,1H3,(H,16,18)(H,19,20). The number of benzene rings is 1. The normalized spacial score (nSPS) is 10.4. The number of nitrogens with one attached hydrogen (secondary N) is 1. The monoisotopic (exact) mass is 369 g/mol. The lowest BCUT2D eigenvalue weighted by Gasteiger charge is -2.06. The Hall–Kier alpha value is -1.86. The lowest BCUT2D eigenvalue weighted by Crippen LogP contribution is -2.13. The molecule has 1 aromatic heterocycles. The number of aromatic carboxylic acids is 1. The number of aromatic hydroxyl groups is 1. The number of halogens is 1. The van der Waals surface area contributed by atoms with Crippen molar-refractivity contribution in [1.82, 2.24) is 0 Å². The van der Waals surface area contributed by atoms with Gasteiger partial charge in [-0.3, -0.25) is 4.79 Å². The molecule has 3 N–H and O–H groups in total. The van der Waals surface area contributed by atoms with Crippen LogP contribution in [0.4, 0.5) is 5.00 Å². The van der Waals surface area contributed by atoms with Gasteiger partial charge in [0.15, 0.2) is 0 Å². The van der Waals surface area contributed by atoms with E-state index in [1.807, 2.05) is 6.92 Å². The van der Waals surface area contributed by atoms with Crippen LogP contribution in [0.15, 0.2) is 28.7 Å². The van der Waals surface area contributed by atoms with Crippen molar-refractivity contribution in [1.29, 1.82) is 0 Å². The number of anilines is 1. The number of rotatable bonds is 4. The fourth-order valence-electron chi connectivity index (χ4n) is 1.74. The van der Waals surface area contributed by atoms with E-state index in [-0.39, 0.29) is 21.9 Å². The number of aryl methyl sites for hydroxylation is 1. The van der Waals surface area contributed by atoms with E-state index in [0.29, 0.717) is 10.9 Å². The van der Waals surface area contributed by atoms with Gasteiger partial charge in [0.1, 0.15) is 10.8 Å². The molecule has 0 unspecified atom stereocenters. The highest BCUT2D eigenvalue weighted by molar-refractivity contribution is 9.10. The Morgan fingerprint density at radius 1 is 1.29 bits per heavy atom. The largest absolute Gasteiger partial charge is 0.507 e. The molecule has 1 heterocycles. The second kappa shape index (κ2) is 6.28. The molecule has 0 saturated heterocycles. The van der Waals surface area contributed by atoms with Gasteiger partial charge in [-0.25, -0.2) is 4.79 Å². The van der Waals surface area contributed by atoms with Gasteiger partial charge < -0.3 is 15.5 Å². The van der Waals surface area contributed by atoms with E-state index >= 15 is 0 Å². The molecular weight excluding hydrogens is 358 g/mol. The van der Waals surface area contributed by atoms with E-state index in [4.69, 9.17) is 5.11 Å². The predicted molar refractivity (Wildman–Crippen MR) is 84.4 cm³/mol. The van der Waals surface area contributed by atoms with Crippen LogP contribution in [0.5, 0.6) is 5.75 Å². The van der Waals surface area contributed by atoms with Crippen LogP contribution in [0.2, 0.25) is 0 Å². The molecule has 0 fully saturated rings. The second-order valence-electron chi connectivity index (χ2n) is 4.23. The van der Waals surface area contributed by atoms with Crippen LogP contribution in [0, 0.1) is 0 Å². The summed E-state index contributed by atoms with van der Waals surface area (Å²) in [5, 5.41) is 21.7. The number of hydrogen-bond donors (Lipinski definition) is 3. The lowest BCUT2D eigenvalue weighted by atomic mass is 10.2. The van der Waals surface area contributed by atoms with Gasteiger partial charge >= 0.3 is 5.97 Å². The number of carbonyl (C=O) groups excluding carboxylic acids is 1. The fourth-order valence-corrected chi connectivity index (χ4v) is 3.07. The van der Waals surface area contributed by atoms with Crippen LogP contribution in [-0.2, 0) is 6.42 Å². The number of carboxylic acids is 1. The summed E-state index contributed by atoms with van der Waals surface area (Å²) in [4.78, 5) is 24.2. The van der Waals surface area contributed by atoms with Crippen LogP contribution < -0.4 is 5.32 Å². The molecule has 1 amide bonds. The third-order valence-corrected chi connectivity index (χ3v) is 4.48. The van der Waals surface area contributed by atoms with Crippen molar-refractivity contribution >= 4 is 44.1 Å². The zero-order chi connectivity index (χ0) is 15.6. The fraction of sp³-hybridized carbons (Fsp3) is 0.143. The molecular formula is C14H12BrNO4S. The maximum Gasteiger partial charge on any atom is 0.338 e. The van der Waals surface area contributed by atoms with E-state index in [9.17, 15) is 14.7 Å². The zero-order valence-electron chi connectivity index (χ0n) is 11.0. The van der Waals surface area contributed by atoms with Crippen LogP contribution >= 0.6 is 27.3 Å². The van der Waals surface area contributed by atoms with E-state index in [2.05, 4.69) is 21.2 Å². The number of phenols is 1. The highest BCUT2D eigenvalue weighted by Crippen LogP contribution is 2.30. The number of carbonyl (C=O) groups is 2. The van der Waals surface area contributed by atoms with Gasteiger partial charge in [-0.15, -0.1) is 11.3 Å². The Morgan fingerprint density at radius 2 is 2.00 bits per heavy atom. The van der Waals surface area contributed by atoms with Crippen LogP contribution in [0.25, 0.3) is 0 Å². The van der Waals surface area contributed by atoms with Crippen molar-refractivity contribution in [2.24, 2.45) is 0 Å². The molecule has 2 aromatic rings. The first-order chi connectivity index (χ1) is 9.92. The first-order valence-electron chi connectivity index (χ1n) is 6.08. The summed E-state index contributed by atoms with van der Waals surface area (Å²) in [6.45, 7) is 1.91. The average molecular weight is 370 g/mol. The summed E-state index contributed by atoms with van der Waals surface area (Å²) in [6, 6.07) is 6.03. The molecule has 0 saturated carbocycles. The summed E-state index contributed by atoms with van der Waals surface area (Å²) >= 11 is 4.40. The average Bonchev–Trinajstić information content (AvgIpc) is 2.81. The molecule has 5 nitrogen and oxygen atoms in total. The summed E-state index contributed by atoms with van der Waals surface area (Å²) in [7, 11) is 0. The van der Waals surface area contributed by atoms with Gasteiger partial charge in [0.2, 0.25) is 0 Å². The molecule has 0 spiro atoms. The Morgan fingerprint density at radius 3 is 2.57 bits per heavy atom. The predicted octanol–water partition coefficient (Wildman–Crippen LogP) is 3.73. The second-order valence-corrected chi connectivity index (χ2v) is 6.28. The topological polar surface area (TPSA) is 86.6 Å². The van der Waals surface area contributed by atoms with Crippen molar-refractivity contribution in [3.8, 4) is 5.75 Å². The van der Waals surface area contributed by atoms with E-state index in [1.165, 1.54) is 23.5 Å². The molecule has 1 aromatic carbocycles. The number of amides is 1. The van der Waals surface area contributed by atoms with Gasteiger partial charge in [0.25, 0.3) is 5.91 Å². The Kier molecular flexibility index (Phi) is 4.64. The molecule has 2 rings (SSSR count). The van der Waals surface area contributed by atoms with Gasteiger partial charge in [-0.2, -0.15) is 0 Å². The quantitative estimate of drug-likeness (QED) is 0.766. The summed E-state index contributed by atoms with van der Waals surface area (Å²) in [5.41, 5.74) is 0.141. The van der Waals surface area contributed by atoms with Crippen molar-refractivity contribution in [2.75, 3.05) is 5.32 Å². The molecule has 7 heteroatoms. The molecule has 0 aliphatic rings.